The van der Waals surface area contributed by atoms with Gasteiger partial charge in [-0.2, -0.15) is 0 Å². The van der Waals surface area contributed by atoms with E-state index < -0.39 is 10.9 Å². The number of nitro groups is 1. The Balaban J connectivity index is 2.09. The van der Waals surface area contributed by atoms with Crippen LogP contribution >= 0.6 is 0 Å². The molecule has 0 radical (unpaired) electrons. The Labute approximate surface area is 154 Å². The van der Waals surface area contributed by atoms with Gasteiger partial charge >= 0.3 is 5.97 Å². The van der Waals surface area contributed by atoms with Crippen molar-refractivity contribution in [2.45, 2.75) is 13.8 Å². The van der Waals surface area contributed by atoms with Crippen molar-refractivity contribution < 1.29 is 28.3 Å². The number of carbonyl (C=O) groups excluding carboxylic acids is 1. The molecular weight excluding hydrogens is 356 g/mol. The number of rotatable bonds is 5. The van der Waals surface area contributed by atoms with Crippen LogP contribution in [-0.4, -0.2) is 31.0 Å². The van der Waals surface area contributed by atoms with Gasteiger partial charge in [-0.1, -0.05) is 0 Å². The minimum Gasteiger partial charge on any atom is -0.493 e. The maximum Gasteiger partial charge on any atom is 0.363 e. The number of carbonyl (C=O) groups is 1. The first-order chi connectivity index (χ1) is 12.8. The molecule has 1 aromatic heterocycles. The van der Waals surface area contributed by atoms with Gasteiger partial charge in [0.05, 0.1) is 36.3 Å². The third-order valence-corrected chi connectivity index (χ3v) is 3.91. The Bertz CT molecular complexity index is 1000. The van der Waals surface area contributed by atoms with Crippen molar-refractivity contribution in [2.24, 2.45) is 4.99 Å². The lowest BCUT2D eigenvalue weighted by atomic mass is 10.1. The molecule has 0 atom stereocenters. The molecule has 2 heterocycles. The van der Waals surface area contributed by atoms with Gasteiger partial charge in [0, 0.05) is 0 Å². The molecule has 0 N–H and O–H groups in total. The highest BCUT2D eigenvalue weighted by molar-refractivity contribution is 6.13. The summed E-state index contributed by atoms with van der Waals surface area (Å²) >= 11 is 0. The normalized spacial score (nSPS) is 14.9. The van der Waals surface area contributed by atoms with Crippen molar-refractivity contribution in [1.29, 1.82) is 0 Å². The molecule has 9 nitrogen and oxygen atoms in total. The van der Waals surface area contributed by atoms with Crippen LogP contribution in [0.15, 0.2) is 33.3 Å². The number of aliphatic imine (C=N–C) groups is 1. The lowest BCUT2D eigenvalue weighted by Gasteiger charge is -2.08. The number of hydrogen-bond acceptors (Lipinski definition) is 8. The first kappa shape index (κ1) is 18.2. The second-order valence-corrected chi connectivity index (χ2v) is 5.69. The second kappa shape index (κ2) is 6.94. The summed E-state index contributed by atoms with van der Waals surface area (Å²) in [6.07, 6.45) is 1.28. The minimum absolute atomic E-state index is 0.0708. The molecule has 0 unspecified atom stereocenters. The van der Waals surface area contributed by atoms with Crippen LogP contribution in [0.25, 0.3) is 6.08 Å². The van der Waals surface area contributed by atoms with Crippen molar-refractivity contribution in [2.75, 3.05) is 14.2 Å². The monoisotopic (exact) mass is 372 g/mol. The summed E-state index contributed by atoms with van der Waals surface area (Å²) in [6.45, 7) is 3.48. The van der Waals surface area contributed by atoms with Crippen LogP contribution < -0.4 is 9.47 Å². The molecule has 0 amide bonds. The van der Waals surface area contributed by atoms with Crippen molar-refractivity contribution >= 4 is 23.6 Å². The van der Waals surface area contributed by atoms with Crippen LogP contribution in [0, 0.1) is 24.0 Å². The topological polar surface area (TPSA) is 113 Å². The summed E-state index contributed by atoms with van der Waals surface area (Å²) in [4.78, 5) is 27.1. The molecule has 1 aromatic carbocycles. The number of hydrogen-bond donors (Lipinski definition) is 0. The Morgan fingerprint density at radius 1 is 1.15 bits per heavy atom. The molecule has 0 saturated carbocycles. The van der Waals surface area contributed by atoms with Gasteiger partial charge in [0.15, 0.2) is 17.2 Å². The molecule has 1 aliphatic heterocycles. The van der Waals surface area contributed by atoms with Crippen LogP contribution in [0.1, 0.15) is 22.6 Å². The zero-order valence-corrected chi connectivity index (χ0v) is 15.1. The zero-order valence-electron chi connectivity index (χ0n) is 15.1. The van der Waals surface area contributed by atoms with Crippen molar-refractivity contribution in [3.8, 4) is 11.5 Å². The number of ether oxygens (including phenoxy) is 3. The van der Waals surface area contributed by atoms with Gasteiger partial charge < -0.3 is 18.6 Å². The SMILES string of the molecule is COc1cc(C=C2N=C(c3cc(C)oc3C)OC2=O)c([N+](=O)[O-])cc1OC. The van der Waals surface area contributed by atoms with E-state index in [9.17, 15) is 14.9 Å². The number of furan rings is 1. The average molecular weight is 372 g/mol. The van der Waals surface area contributed by atoms with E-state index in [4.69, 9.17) is 18.6 Å². The average Bonchev–Trinajstić information content (AvgIpc) is 3.15. The number of methoxy groups -OCH3 is 2. The molecule has 140 valence electrons. The third-order valence-electron chi connectivity index (χ3n) is 3.91. The zero-order chi connectivity index (χ0) is 19.7. The van der Waals surface area contributed by atoms with E-state index in [0.29, 0.717) is 17.1 Å². The second-order valence-electron chi connectivity index (χ2n) is 5.69. The number of esters is 1. The van der Waals surface area contributed by atoms with Crippen molar-refractivity contribution in [3.05, 3.63) is 56.7 Å². The highest BCUT2D eigenvalue weighted by atomic mass is 16.6. The van der Waals surface area contributed by atoms with Crippen molar-refractivity contribution in [3.63, 3.8) is 0 Å². The van der Waals surface area contributed by atoms with Gasteiger partial charge in [-0.15, -0.1) is 0 Å². The molecular formula is C18H16N2O7. The van der Waals surface area contributed by atoms with Gasteiger partial charge in [0.2, 0.25) is 5.90 Å². The highest BCUT2D eigenvalue weighted by Gasteiger charge is 2.28. The Kier molecular flexibility index (Phi) is 4.68. The molecule has 0 saturated heterocycles. The lowest BCUT2D eigenvalue weighted by molar-refractivity contribution is -0.385. The van der Waals surface area contributed by atoms with Crippen molar-refractivity contribution in [1.82, 2.24) is 0 Å². The van der Waals surface area contributed by atoms with Gasteiger partial charge in [-0.3, -0.25) is 10.1 Å². The number of benzene rings is 1. The van der Waals surface area contributed by atoms with Gasteiger partial charge in [0.1, 0.15) is 11.5 Å². The predicted molar refractivity (Wildman–Crippen MR) is 95.0 cm³/mol. The summed E-state index contributed by atoms with van der Waals surface area (Å²) in [6, 6.07) is 4.32. The fourth-order valence-corrected chi connectivity index (χ4v) is 2.67. The quantitative estimate of drug-likeness (QED) is 0.343. The first-order valence-corrected chi connectivity index (χ1v) is 7.84. The van der Waals surface area contributed by atoms with E-state index in [-0.39, 0.29) is 34.3 Å². The maximum absolute atomic E-state index is 12.2. The molecule has 0 aliphatic carbocycles. The summed E-state index contributed by atoms with van der Waals surface area (Å²) in [7, 11) is 2.78. The molecule has 27 heavy (non-hydrogen) atoms. The molecule has 1 aliphatic rings. The van der Waals surface area contributed by atoms with Gasteiger partial charge in [-0.25, -0.2) is 9.79 Å². The molecule has 0 fully saturated rings. The Hall–Kier alpha value is -3.62. The van der Waals surface area contributed by atoms with Gasteiger partial charge in [-0.05, 0) is 32.1 Å². The van der Waals surface area contributed by atoms with Gasteiger partial charge in [0.25, 0.3) is 5.69 Å². The van der Waals surface area contributed by atoms with Crippen LogP contribution in [0.2, 0.25) is 0 Å². The Morgan fingerprint density at radius 2 is 1.81 bits per heavy atom. The van der Waals surface area contributed by atoms with E-state index in [1.54, 1.807) is 19.9 Å². The van der Waals surface area contributed by atoms with Crippen LogP contribution in [0.5, 0.6) is 11.5 Å². The van der Waals surface area contributed by atoms with E-state index in [1.807, 2.05) is 0 Å². The van der Waals surface area contributed by atoms with E-state index in [1.165, 1.54) is 32.4 Å². The molecule has 0 spiro atoms. The molecule has 3 rings (SSSR count). The number of aryl methyl sites for hydroxylation is 2. The summed E-state index contributed by atoms with van der Waals surface area (Å²) < 4.78 is 20.9. The first-order valence-electron chi connectivity index (χ1n) is 7.84. The fourth-order valence-electron chi connectivity index (χ4n) is 2.67. The smallest absolute Gasteiger partial charge is 0.363 e. The van der Waals surface area contributed by atoms with Crippen LogP contribution in [0.4, 0.5) is 5.69 Å². The standard InChI is InChI=1S/C18H16N2O7/c1-9-5-12(10(2)26-9)17-19-13(18(21)27-17)6-11-7-15(24-3)16(25-4)8-14(11)20(22)23/h5-8H,1-4H3. The van der Waals surface area contributed by atoms with Crippen LogP contribution in [0.3, 0.4) is 0 Å². The highest BCUT2D eigenvalue weighted by Crippen LogP contribution is 2.36. The molecule has 2 aromatic rings. The fraction of sp³-hybridized carbons (Fsp3) is 0.222. The number of nitrogens with zero attached hydrogens (tertiary/aromatic N) is 2. The van der Waals surface area contributed by atoms with E-state index >= 15 is 0 Å². The number of cyclic esters (lactones) is 1. The molecule has 0 bridgehead atoms. The summed E-state index contributed by atoms with van der Waals surface area (Å²) in [5.74, 6) is 1.06. The summed E-state index contributed by atoms with van der Waals surface area (Å²) in [5.41, 5.74) is 0.353. The third kappa shape index (κ3) is 3.39. The lowest BCUT2D eigenvalue weighted by Crippen LogP contribution is -2.05. The minimum atomic E-state index is -0.715. The molecule has 9 heteroatoms. The summed E-state index contributed by atoms with van der Waals surface area (Å²) in [5, 5.41) is 11.4. The number of nitro benzene ring substituents is 1. The van der Waals surface area contributed by atoms with E-state index in [2.05, 4.69) is 4.99 Å². The van der Waals surface area contributed by atoms with E-state index in [0.717, 1.165) is 0 Å². The van der Waals surface area contributed by atoms with Crippen LogP contribution in [-0.2, 0) is 9.53 Å². The predicted octanol–water partition coefficient (Wildman–Crippen LogP) is 3.17. The largest absolute Gasteiger partial charge is 0.493 e. The Morgan fingerprint density at radius 3 is 2.37 bits per heavy atom. The maximum atomic E-state index is 12.2.